The Labute approximate surface area is 188 Å². The molecule has 11 heteroatoms. The highest BCUT2D eigenvalue weighted by Crippen LogP contribution is 2.16. The quantitative estimate of drug-likeness (QED) is 0.290. The summed E-state index contributed by atoms with van der Waals surface area (Å²) < 4.78 is 27.1. The SMILES string of the molecule is CCNS(=O)(=O)C1CCN(C(=NCC(=O)N(C)C)NCCc2cccs2)C1.I. The molecule has 8 nitrogen and oxygen atoms in total. The molecule has 1 aromatic heterocycles. The molecule has 1 aromatic rings. The lowest BCUT2D eigenvalue weighted by Gasteiger charge is -2.22. The monoisotopic (exact) mass is 543 g/mol. The Bertz CT molecular complexity index is 738. The van der Waals surface area contributed by atoms with Crippen LogP contribution in [0.15, 0.2) is 22.5 Å². The maximum atomic E-state index is 12.3. The number of amides is 1. The third-order valence-corrected chi connectivity index (χ3v) is 7.22. The fraction of sp³-hybridized carbons (Fsp3) is 0.647. The number of halogens is 1. The van der Waals surface area contributed by atoms with Gasteiger partial charge in [0, 0.05) is 45.2 Å². The van der Waals surface area contributed by atoms with E-state index in [1.165, 1.54) is 9.78 Å². The third kappa shape index (κ3) is 7.48. The molecule has 1 saturated heterocycles. The number of hydrogen-bond donors (Lipinski definition) is 2. The molecule has 0 radical (unpaired) electrons. The minimum Gasteiger partial charge on any atom is -0.356 e. The molecule has 1 atom stereocenters. The number of hydrogen-bond acceptors (Lipinski definition) is 5. The first kappa shape index (κ1) is 25.1. The van der Waals surface area contributed by atoms with Gasteiger partial charge in [-0.3, -0.25) is 4.79 Å². The Kier molecular flexibility index (Phi) is 10.7. The summed E-state index contributed by atoms with van der Waals surface area (Å²) in [7, 11) is 0.0571. The molecule has 0 spiro atoms. The van der Waals surface area contributed by atoms with Gasteiger partial charge in [0.2, 0.25) is 15.9 Å². The number of likely N-dealkylation sites (tertiary alicyclic amines) is 1. The first-order valence-corrected chi connectivity index (χ1v) is 11.5. The van der Waals surface area contributed by atoms with Crippen molar-refractivity contribution in [2.24, 2.45) is 4.99 Å². The summed E-state index contributed by atoms with van der Waals surface area (Å²) in [6.07, 6.45) is 1.40. The molecule has 1 aliphatic rings. The molecule has 28 heavy (non-hydrogen) atoms. The van der Waals surface area contributed by atoms with Crippen LogP contribution in [0, 0.1) is 0 Å². The van der Waals surface area contributed by atoms with Crippen LogP contribution >= 0.6 is 35.3 Å². The van der Waals surface area contributed by atoms with Gasteiger partial charge >= 0.3 is 0 Å². The van der Waals surface area contributed by atoms with Gasteiger partial charge in [-0.2, -0.15) is 0 Å². The van der Waals surface area contributed by atoms with E-state index in [2.05, 4.69) is 21.1 Å². The van der Waals surface area contributed by atoms with Crippen LogP contribution in [-0.2, 0) is 21.2 Å². The summed E-state index contributed by atoms with van der Waals surface area (Å²) in [5, 5.41) is 4.87. The number of aliphatic imine (C=N–C) groups is 1. The van der Waals surface area contributed by atoms with Crippen molar-refractivity contribution in [3.8, 4) is 0 Å². The normalized spacial score (nSPS) is 17.3. The molecule has 1 fully saturated rings. The summed E-state index contributed by atoms with van der Waals surface area (Å²) in [6.45, 7) is 3.84. The van der Waals surface area contributed by atoms with Crippen LogP contribution in [0.5, 0.6) is 0 Å². The maximum Gasteiger partial charge on any atom is 0.243 e. The Balaban J connectivity index is 0.00000392. The smallest absolute Gasteiger partial charge is 0.243 e. The van der Waals surface area contributed by atoms with Gasteiger partial charge in [-0.15, -0.1) is 35.3 Å². The molecule has 2 N–H and O–H groups in total. The highest BCUT2D eigenvalue weighted by molar-refractivity contribution is 14.0. The predicted octanol–water partition coefficient (Wildman–Crippen LogP) is 0.956. The molecule has 2 heterocycles. The van der Waals surface area contributed by atoms with Crippen LogP contribution in [-0.4, -0.2) is 82.2 Å². The highest BCUT2D eigenvalue weighted by Gasteiger charge is 2.34. The zero-order chi connectivity index (χ0) is 19.9. The third-order valence-electron chi connectivity index (χ3n) is 4.33. The molecule has 0 saturated carbocycles. The molecule has 160 valence electrons. The second kappa shape index (κ2) is 11.9. The van der Waals surface area contributed by atoms with Crippen molar-refractivity contribution in [3.05, 3.63) is 22.4 Å². The number of carbonyl (C=O) groups excluding carboxylic acids is 1. The molecular formula is C17H30IN5O3S2. The van der Waals surface area contributed by atoms with Crippen LogP contribution in [0.3, 0.4) is 0 Å². The summed E-state index contributed by atoms with van der Waals surface area (Å²) in [6, 6.07) is 4.09. The van der Waals surface area contributed by atoms with E-state index < -0.39 is 15.3 Å². The van der Waals surface area contributed by atoms with Crippen LogP contribution in [0.1, 0.15) is 18.2 Å². The lowest BCUT2D eigenvalue weighted by molar-refractivity contribution is -0.127. The number of carbonyl (C=O) groups is 1. The fourth-order valence-electron chi connectivity index (χ4n) is 2.80. The number of nitrogens with one attached hydrogen (secondary N) is 2. The van der Waals surface area contributed by atoms with Gasteiger partial charge in [0.05, 0.1) is 5.25 Å². The van der Waals surface area contributed by atoms with Crippen molar-refractivity contribution in [1.82, 2.24) is 19.8 Å². The second-order valence-corrected chi connectivity index (χ2v) is 9.66. The van der Waals surface area contributed by atoms with Gasteiger partial charge in [-0.05, 0) is 24.3 Å². The Morgan fingerprint density at radius 3 is 2.79 bits per heavy atom. The summed E-state index contributed by atoms with van der Waals surface area (Å²) >= 11 is 1.70. The fourth-order valence-corrected chi connectivity index (χ4v) is 4.94. The van der Waals surface area contributed by atoms with Crippen LogP contribution in [0.4, 0.5) is 0 Å². The Morgan fingerprint density at radius 1 is 1.43 bits per heavy atom. The van der Waals surface area contributed by atoms with Gasteiger partial charge in [0.25, 0.3) is 0 Å². The standard InChI is InChI=1S/C17H29N5O3S2.HI/c1-4-20-27(24,25)15-8-10-22(13-15)17(19-12-16(23)21(2)3)18-9-7-14-6-5-11-26-14;/h5-6,11,15,20H,4,7-10,12-13H2,1-3H3,(H,18,19);1H. The zero-order valence-corrected chi connectivity index (χ0v) is 20.5. The number of guanidine groups is 1. The highest BCUT2D eigenvalue weighted by atomic mass is 127. The molecule has 0 aromatic carbocycles. The second-order valence-electron chi connectivity index (χ2n) is 6.58. The molecule has 0 aliphatic carbocycles. The molecule has 2 rings (SSSR count). The number of rotatable bonds is 8. The van der Waals surface area contributed by atoms with E-state index in [4.69, 9.17) is 0 Å². The zero-order valence-electron chi connectivity index (χ0n) is 16.6. The molecule has 0 bridgehead atoms. The van der Waals surface area contributed by atoms with E-state index in [-0.39, 0.29) is 36.4 Å². The van der Waals surface area contributed by atoms with E-state index in [1.54, 1.807) is 32.4 Å². The minimum absolute atomic E-state index is 0. The molecule has 1 amide bonds. The number of likely N-dealkylation sites (N-methyl/N-ethyl adjacent to an activating group) is 1. The largest absolute Gasteiger partial charge is 0.356 e. The molecular weight excluding hydrogens is 513 g/mol. The summed E-state index contributed by atoms with van der Waals surface area (Å²) in [4.78, 5) is 21.0. The summed E-state index contributed by atoms with van der Waals surface area (Å²) in [5.41, 5.74) is 0. The lowest BCUT2D eigenvalue weighted by Crippen LogP contribution is -2.43. The first-order valence-electron chi connectivity index (χ1n) is 9.07. The average Bonchev–Trinajstić information content (AvgIpc) is 3.29. The van der Waals surface area contributed by atoms with Crippen molar-refractivity contribution < 1.29 is 13.2 Å². The first-order chi connectivity index (χ1) is 12.8. The van der Waals surface area contributed by atoms with Crippen molar-refractivity contribution in [3.63, 3.8) is 0 Å². The Hall–Kier alpha value is -0.920. The van der Waals surface area contributed by atoms with Crippen molar-refractivity contribution >= 4 is 57.2 Å². The van der Waals surface area contributed by atoms with E-state index in [9.17, 15) is 13.2 Å². The van der Waals surface area contributed by atoms with E-state index in [0.29, 0.717) is 38.6 Å². The van der Waals surface area contributed by atoms with E-state index in [0.717, 1.165) is 6.42 Å². The summed E-state index contributed by atoms with van der Waals surface area (Å²) in [5.74, 6) is 0.500. The molecule has 1 unspecified atom stereocenters. The number of sulfonamides is 1. The van der Waals surface area contributed by atoms with Crippen molar-refractivity contribution in [1.29, 1.82) is 0 Å². The van der Waals surface area contributed by atoms with Gasteiger partial charge in [-0.1, -0.05) is 13.0 Å². The van der Waals surface area contributed by atoms with Crippen LogP contribution in [0.2, 0.25) is 0 Å². The number of thiophene rings is 1. The average molecular weight is 543 g/mol. The van der Waals surface area contributed by atoms with E-state index >= 15 is 0 Å². The minimum atomic E-state index is -3.33. The molecule has 1 aliphatic heterocycles. The van der Waals surface area contributed by atoms with Crippen LogP contribution in [0.25, 0.3) is 0 Å². The van der Waals surface area contributed by atoms with Gasteiger partial charge in [-0.25, -0.2) is 18.1 Å². The van der Waals surface area contributed by atoms with Gasteiger partial charge < -0.3 is 15.1 Å². The Morgan fingerprint density at radius 2 is 2.18 bits per heavy atom. The van der Waals surface area contributed by atoms with E-state index in [1.807, 2.05) is 16.3 Å². The van der Waals surface area contributed by atoms with Gasteiger partial charge in [0.1, 0.15) is 6.54 Å². The van der Waals surface area contributed by atoms with Crippen molar-refractivity contribution in [2.45, 2.75) is 25.0 Å². The lowest BCUT2D eigenvalue weighted by atomic mass is 10.3. The van der Waals surface area contributed by atoms with Crippen LogP contribution < -0.4 is 10.0 Å². The number of nitrogens with zero attached hydrogens (tertiary/aromatic N) is 3. The predicted molar refractivity (Wildman–Crippen MR) is 125 cm³/mol. The topological polar surface area (TPSA) is 94.1 Å². The van der Waals surface area contributed by atoms with Crippen molar-refractivity contribution in [2.75, 3.05) is 46.8 Å². The van der Waals surface area contributed by atoms with Gasteiger partial charge in [0.15, 0.2) is 5.96 Å². The maximum absolute atomic E-state index is 12.3.